The van der Waals surface area contributed by atoms with Crippen LogP contribution in [0.4, 0.5) is 26.0 Å². The zero-order valence-corrected chi connectivity index (χ0v) is 14.0. The number of amides is 1. The van der Waals surface area contributed by atoms with Crippen molar-refractivity contribution in [1.82, 2.24) is 9.78 Å². The Morgan fingerprint density at radius 2 is 1.96 bits per heavy atom. The molecular formula is C14H13F2N5O6. The molecule has 0 atom stereocenters. The van der Waals surface area contributed by atoms with Crippen molar-refractivity contribution in [3.63, 3.8) is 0 Å². The minimum Gasteiger partial charge on any atom is -0.433 e. The molecule has 0 radical (unpaired) electrons. The van der Waals surface area contributed by atoms with Crippen LogP contribution in [0.5, 0.6) is 5.75 Å². The summed E-state index contributed by atoms with van der Waals surface area (Å²) in [6.45, 7) is -0.861. The van der Waals surface area contributed by atoms with Crippen LogP contribution < -0.4 is 10.1 Å². The van der Waals surface area contributed by atoms with Gasteiger partial charge in [-0.05, 0) is 36.5 Å². The number of hydrogen-bond donors (Lipinski definition) is 1. The van der Waals surface area contributed by atoms with Gasteiger partial charge in [0.2, 0.25) is 5.91 Å². The lowest BCUT2D eigenvalue weighted by atomic mass is 10.2. The predicted molar refractivity (Wildman–Crippen MR) is 86.7 cm³/mol. The van der Waals surface area contributed by atoms with Crippen molar-refractivity contribution in [2.45, 2.75) is 27.0 Å². The van der Waals surface area contributed by atoms with Gasteiger partial charge in [0, 0.05) is 0 Å². The highest BCUT2D eigenvalue weighted by Crippen LogP contribution is 2.30. The summed E-state index contributed by atoms with van der Waals surface area (Å²) in [6, 6.07) is 4.13. The number of anilines is 1. The van der Waals surface area contributed by atoms with Crippen LogP contribution >= 0.6 is 0 Å². The van der Waals surface area contributed by atoms with Gasteiger partial charge in [-0.1, -0.05) is 6.07 Å². The second-order valence-electron chi connectivity index (χ2n) is 5.36. The first-order valence-electron chi connectivity index (χ1n) is 7.31. The summed E-state index contributed by atoms with van der Waals surface area (Å²) >= 11 is 0. The maximum absolute atomic E-state index is 12.5. The monoisotopic (exact) mass is 385 g/mol. The molecule has 1 amide bonds. The van der Waals surface area contributed by atoms with Crippen LogP contribution in [-0.2, 0) is 11.3 Å². The Bertz CT molecular complexity index is 914. The van der Waals surface area contributed by atoms with Crippen LogP contribution in [0, 0.1) is 34.1 Å². The summed E-state index contributed by atoms with van der Waals surface area (Å²) in [5.74, 6) is -2.07. The molecule has 0 aliphatic carbocycles. The van der Waals surface area contributed by atoms with Crippen molar-refractivity contribution in [1.29, 1.82) is 0 Å². The summed E-state index contributed by atoms with van der Waals surface area (Å²) in [5.41, 5.74) is -0.428. The van der Waals surface area contributed by atoms with Crippen molar-refractivity contribution in [3.8, 4) is 5.75 Å². The van der Waals surface area contributed by atoms with Gasteiger partial charge in [0.1, 0.15) is 18.0 Å². The van der Waals surface area contributed by atoms with Gasteiger partial charge in [-0.25, -0.2) is 0 Å². The maximum atomic E-state index is 12.5. The van der Waals surface area contributed by atoms with E-state index in [0.29, 0.717) is 5.56 Å². The van der Waals surface area contributed by atoms with Gasteiger partial charge in [-0.3, -0.25) is 14.9 Å². The van der Waals surface area contributed by atoms with Gasteiger partial charge < -0.3 is 20.2 Å². The summed E-state index contributed by atoms with van der Waals surface area (Å²) in [4.78, 5) is 32.1. The number of alkyl halides is 2. The van der Waals surface area contributed by atoms with E-state index in [1.165, 1.54) is 25.1 Å². The van der Waals surface area contributed by atoms with E-state index < -0.39 is 40.4 Å². The molecule has 0 saturated carbocycles. The standard InChI is InChI=1S/C14H13F2N5O6/c1-7-3-4-10(27-14(15)16)9(5-7)17-11(22)6-19-8(2)12(20(23)24)13(18-19)21(25)26/h3-5,14H,6H2,1-2H3,(H,17,22). The average Bonchev–Trinajstić information content (AvgIpc) is 2.86. The number of benzene rings is 1. The van der Waals surface area contributed by atoms with Crippen molar-refractivity contribution in [3.05, 3.63) is 49.7 Å². The largest absolute Gasteiger partial charge is 0.468 e. The second kappa shape index (κ2) is 7.72. The third-order valence-corrected chi connectivity index (χ3v) is 3.43. The van der Waals surface area contributed by atoms with Gasteiger partial charge in [0.15, 0.2) is 0 Å². The lowest BCUT2D eigenvalue weighted by Crippen LogP contribution is -2.21. The van der Waals surface area contributed by atoms with E-state index in [2.05, 4.69) is 15.2 Å². The molecule has 144 valence electrons. The fourth-order valence-corrected chi connectivity index (χ4v) is 2.28. The summed E-state index contributed by atoms with van der Waals surface area (Å²) < 4.78 is 30.0. The molecule has 2 rings (SSSR count). The molecular weight excluding hydrogens is 372 g/mol. The zero-order valence-electron chi connectivity index (χ0n) is 14.0. The van der Waals surface area contributed by atoms with E-state index in [4.69, 9.17) is 0 Å². The van der Waals surface area contributed by atoms with E-state index in [-0.39, 0.29) is 17.1 Å². The number of halogens is 2. The summed E-state index contributed by atoms with van der Waals surface area (Å²) in [7, 11) is 0. The molecule has 0 aliphatic rings. The Morgan fingerprint density at radius 3 is 2.48 bits per heavy atom. The van der Waals surface area contributed by atoms with Crippen LogP contribution in [0.1, 0.15) is 11.3 Å². The first kappa shape index (κ1) is 19.7. The van der Waals surface area contributed by atoms with Crippen LogP contribution in [-0.4, -0.2) is 32.1 Å². The van der Waals surface area contributed by atoms with Gasteiger partial charge in [0.25, 0.3) is 0 Å². The van der Waals surface area contributed by atoms with Gasteiger partial charge in [-0.2, -0.15) is 13.5 Å². The number of nitrogens with one attached hydrogen (secondary N) is 1. The molecule has 0 aliphatic heterocycles. The number of nitro groups is 2. The lowest BCUT2D eigenvalue weighted by Gasteiger charge is -2.12. The van der Waals surface area contributed by atoms with E-state index in [9.17, 15) is 33.8 Å². The minimum absolute atomic E-state index is 0.0471. The van der Waals surface area contributed by atoms with Crippen LogP contribution in [0.3, 0.4) is 0 Å². The van der Waals surface area contributed by atoms with Gasteiger partial charge >= 0.3 is 18.1 Å². The Kier molecular flexibility index (Phi) is 5.63. The number of hydrogen-bond acceptors (Lipinski definition) is 7. The molecule has 1 heterocycles. The highest BCUT2D eigenvalue weighted by atomic mass is 19.3. The number of nitrogens with zero attached hydrogens (tertiary/aromatic N) is 4. The fourth-order valence-electron chi connectivity index (χ4n) is 2.28. The number of aromatic nitrogens is 2. The van der Waals surface area contributed by atoms with Gasteiger partial charge in [0.05, 0.1) is 15.7 Å². The molecule has 0 bridgehead atoms. The molecule has 2 aromatic rings. The van der Waals surface area contributed by atoms with Crippen LogP contribution in [0.15, 0.2) is 18.2 Å². The van der Waals surface area contributed by atoms with Crippen LogP contribution in [0.25, 0.3) is 0 Å². The second-order valence-corrected chi connectivity index (χ2v) is 5.36. The van der Waals surface area contributed by atoms with Crippen molar-refractivity contribution in [2.24, 2.45) is 0 Å². The van der Waals surface area contributed by atoms with Crippen LogP contribution in [0.2, 0.25) is 0 Å². The molecule has 1 N–H and O–H groups in total. The molecule has 11 nitrogen and oxygen atoms in total. The molecule has 1 aromatic carbocycles. The Hall–Kier alpha value is -3.64. The molecule has 0 saturated heterocycles. The molecule has 1 aromatic heterocycles. The van der Waals surface area contributed by atoms with E-state index in [1.807, 2.05) is 0 Å². The number of aryl methyl sites for hydroxylation is 1. The molecule has 13 heteroatoms. The minimum atomic E-state index is -3.11. The number of ether oxygens (including phenoxy) is 1. The van der Waals surface area contributed by atoms with E-state index in [1.54, 1.807) is 6.92 Å². The third-order valence-electron chi connectivity index (χ3n) is 3.43. The highest BCUT2D eigenvalue weighted by molar-refractivity contribution is 5.92. The lowest BCUT2D eigenvalue weighted by molar-refractivity contribution is -0.424. The molecule has 0 spiro atoms. The molecule has 27 heavy (non-hydrogen) atoms. The smallest absolute Gasteiger partial charge is 0.433 e. The zero-order chi connectivity index (χ0) is 20.3. The highest BCUT2D eigenvalue weighted by Gasteiger charge is 2.35. The predicted octanol–water partition coefficient (Wildman–Crippen LogP) is 2.56. The third kappa shape index (κ3) is 4.50. The number of rotatable bonds is 7. The first-order chi connectivity index (χ1) is 12.6. The molecule has 0 unspecified atom stereocenters. The van der Waals surface area contributed by atoms with E-state index in [0.717, 1.165) is 4.68 Å². The Morgan fingerprint density at radius 1 is 1.30 bits per heavy atom. The first-order valence-corrected chi connectivity index (χ1v) is 7.31. The summed E-state index contributed by atoms with van der Waals surface area (Å²) in [5, 5.41) is 27.7. The number of carbonyl (C=O) groups is 1. The van der Waals surface area contributed by atoms with E-state index >= 15 is 0 Å². The summed E-state index contributed by atoms with van der Waals surface area (Å²) in [6.07, 6.45) is 0. The quantitative estimate of drug-likeness (QED) is 0.570. The molecule has 0 fully saturated rings. The topological polar surface area (TPSA) is 142 Å². The Labute approximate surface area is 149 Å². The van der Waals surface area contributed by atoms with Crippen molar-refractivity contribution >= 4 is 23.1 Å². The Balaban J connectivity index is 2.27. The average molecular weight is 385 g/mol. The fraction of sp³-hybridized carbons (Fsp3) is 0.286. The maximum Gasteiger partial charge on any atom is 0.468 e. The van der Waals surface area contributed by atoms with Gasteiger partial charge in [-0.15, -0.1) is 0 Å². The normalized spacial score (nSPS) is 10.7. The van der Waals surface area contributed by atoms with Crippen molar-refractivity contribution in [2.75, 3.05) is 5.32 Å². The SMILES string of the molecule is Cc1ccc(OC(F)F)c(NC(=O)Cn2nc([N+](=O)[O-])c([N+](=O)[O-])c2C)c1. The van der Waals surface area contributed by atoms with Crippen molar-refractivity contribution < 1.29 is 28.2 Å². The number of carbonyl (C=O) groups excluding carboxylic acids is 1.